The molecule has 0 aliphatic carbocycles. The van der Waals surface area contributed by atoms with Gasteiger partial charge in [-0.15, -0.1) is 10.2 Å². The van der Waals surface area contributed by atoms with E-state index in [4.69, 9.17) is 9.15 Å². The highest BCUT2D eigenvalue weighted by Gasteiger charge is 2.49. The van der Waals surface area contributed by atoms with Gasteiger partial charge in [-0.05, 0) is 43.7 Å². The van der Waals surface area contributed by atoms with Crippen LogP contribution in [-0.4, -0.2) is 34.1 Å². The number of amides is 3. The lowest BCUT2D eigenvalue weighted by Gasteiger charge is -2.22. The maximum atomic E-state index is 13.0. The van der Waals surface area contributed by atoms with Crippen LogP contribution in [0.25, 0.3) is 11.5 Å². The van der Waals surface area contributed by atoms with Crippen molar-refractivity contribution in [2.45, 2.75) is 25.9 Å². The van der Waals surface area contributed by atoms with Crippen LogP contribution in [-0.2, 0) is 16.9 Å². The van der Waals surface area contributed by atoms with E-state index in [-0.39, 0.29) is 18.3 Å². The highest BCUT2D eigenvalue weighted by molar-refractivity contribution is 6.07. The summed E-state index contributed by atoms with van der Waals surface area (Å²) in [7, 11) is 1.59. The molecule has 0 spiro atoms. The van der Waals surface area contributed by atoms with Gasteiger partial charge in [-0.25, -0.2) is 4.79 Å². The average molecular weight is 392 g/mol. The number of nitrogens with one attached hydrogen (secondary N) is 1. The largest absolute Gasteiger partial charge is 0.497 e. The number of nitrogens with zero attached hydrogens (tertiary/aromatic N) is 3. The maximum Gasteiger partial charge on any atom is 0.325 e. The maximum absolute atomic E-state index is 13.0. The Morgan fingerprint density at radius 2 is 1.76 bits per heavy atom. The van der Waals surface area contributed by atoms with Crippen LogP contribution in [0.2, 0.25) is 0 Å². The average Bonchev–Trinajstić information content (AvgIpc) is 3.28. The number of methoxy groups -OCH3 is 1. The van der Waals surface area contributed by atoms with E-state index in [0.29, 0.717) is 22.8 Å². The minimum absolute atomic E-state index is 0.102. The molecule has 0 bridgehead atoms. The quantitative estimate of drug-likeness (QED) is 0.671. The number of carbonyl (C=O) groups is 2. The zero-order chi connectivity index (χ0) is 20.6. The molecule has 1 saturated heterocycles. The summed E-state index contributed by atoms with van der Waals surface area (Å²) in [6.45, 7) is 3.55. The van der Waals surface area contributed by atoms with Crippen LogP contribution in [0, 0.1) is 6.92 Å². The van der Waals surface area contributed by atoms with Gasteiger partial charge in [-0.3, -0.25) is 9.69 Å². The van der Waals surface area contributed by atoms with Gasteiger partial charge in [0.2, 0.25) is 11.8 Å². The summed E-state index contributed by atoms with van der Waals surface area (Å²) in [5, 5.41) is 10.8. The summed E-state index contributed by atoms with van der Waals surface area (Å²) in [4.78, 5) is 26.6. The van der Waals surface area contributed by atoms with Crippen molar-refractivity contribution in [2.75, 3.05) is 7.11 Å². The molecular weight excluding hydrogens is 372 g/mol. The van der Waals surface area contributed by atoms with E-state index in [1.807, 2.05) is 31.2 Å². The van der Waals surface area contributed by atoms with Gasteiger partial charge in [-0.2, -0.15) is 0 Å². The molecule has 4 rings (SSSR count). The highest BCUT2D eigenvalue weighted by Crippen LogP contribution is 2.30. The standard InChI is InChI=1S/C21H20N4O4/c1-13-4-8-15(9-5-13)21(2)19(26)25(20(27)22-21)12-17-23-24-18(29-17)14-6-10-16(28-3)11-7-14/h4-11H,12H2,1-3H3,(H,22,27)/t21-/m0/s1. The molecule has 2 heterocycles. The Labute approximate surface area is 167 Å². The predicted octanol–water partition coefficient (Wildman–Crippen LogP) is 3.02. The lowest BCUT2D eigenvalue weighted by atomic mass is 9.91. The van der Waals surface area contributed by atoms with E-state index in [2.05, 4.69) is 15.5 Å². The Hall–Kier alpha value is -3.68. The summed E-state index contributed by atoms with van der Waals surface area (Å²) >= 11 is 0. The van der Waals surface area contributed by atoms with E-state index in [1.54, 1.807) is 38.3 Å². The zero-order valence-electron chi connectivity index (χ0n) is 16.3. The first-order chi connectivity index (χ1) is 13.9. The summed E-state index contributed by atoms with van der Waals surface area (Å²) in [5.41, 5.74) is 1.37. The molecule has 1 aromatic heterocycles. The minimum atomic E-state index is -1.14. The molecule has 0 unspecified atom stereocenters. The fourth-order valence-electron chi connectivity index (χ4n) is 3.23. The Morgan fingerprint density at radius 1 is 1.07 bits per heavy atom. The lowest BCUT2D eigenvalue weighted by molar-refractivity contribution is -0.131. The van der Waals surface area contributed by atoms with Crippen LogP contribution in [0.3, 0.4) is 0 Å². The van der Waals surface area contributed by atoms with Gasteiger partial charge >= 0.3 is 6.03 Å². The van der Waals surface area contributed by atoms with Crippen molar-refractivity contribution in [3.8, 4) is 17.2 Å². The van der Waals surface area contributed by atoms with Gasteiger partial charge < -0.3 is 14.5 Å². The number of imide groups is 1. The van der Waals surface area contributed by atoms with E-state index in [9.17, 15) is 9.59 Å². The molecule has 8 heteroatoms. The zero-order valence-corrected chi connectivity index (χ0v) is 16.3. The van der Waals surface area contributed by atoms with E-state index >= 15 is 0 Å². The van der Waals surface area contributed by atoms with Crippen LogP contribution in [0.1, 0.15) is 23.9 Å². The fraction of sp³-hybridized carbons (Fsp3) is 0.238. The normalized spacial score (nSPS) is 18.8. The van der Waals surface area contributed by atoms with Crippen LogP contribution in [0.4, 0.5) is 4.79 Å². The molecule has 8 nitrogen and oxygen atoms in total. The van der Waals surface area contributed by atoms with Crippen LogP contribution >= 0.6 is 0 Å². The van der Waals surface area contributed by atoms with Gasteiger partial charge in [0.05, 0.1) is 7.11 Å². The number of aryl methyl sites for hydroxylation is 1. The molecule has 3 amide bonds. The topological polar surface area (TPSA) is 97.6 Å². The van der Waals surface area contributed by atoms with Gasteiger partial charge in [0.25, 0.3) is 5.91 Å². The predicted molar refractivity (Wildman–Crippen MR) is 104 cm³/mol. The van der Waals surface area contributed by atoms with Crippen molar-refractivity contribution in [1.29, 1.82) is 0 Å². The SMILES string of the molecule is COc1ccc(-c2nnc(CN3C(=O)N[C@@](C)(c4ccc(C)cc4)C3=O)o2)cc1. The van der Waals surface area contributed by atoms with E-state index in [1.165, 1.54) is 0 Å². The second-order valence-electron chi connectivity index (χ2n) is 7.04. The molecule has 0 radical (unpaired) electrons. The number of carbonyl (C=O) groups excluding carboxylic acids is 2. The summed E-state index contributed by atoms with van der Waals surface area (Å²) in [5.74, 6) is 0.822. The highest BCUT2D eigenvalue weighted by atomic mass is 16.5. The summed E-state index contributed by atoms with van der Waals surface area (Å²) in [6, 6.07) is 14.1. The molecular formula is C21H20N4O4. The second-order valence-corrected chi connectivity index (χ2v) is 7.04. The van der Waals surface area contributed by atoms with E-state index < -0.39 is 11.6 Å². The minimum Gasteiger partial charge on any atom is -0.497 e. The molecule has 2 aromatic carbocycles. The molecule has 1 atom stereocenters. The number of rotatable bonds is 5. The lowest BCUT2D eigenvalue weighted by Crippen LogP contribution is -2.40. The molecule has 1 aliphatic heterocycles. The van der Waals surface area contributed by atoms with Gasteiger partial charge in [0.15, 0.2) is 0 Å². The molecule has 1 N–H and O–H groups in total. The Kier molecular flexibility index (Phi) is 4.54. The second kappa shape index (κ2) is 7.05. The Morgan fingerprint density at radius 3 is 2.41 bits per heavy atom. The van der Waals surface area contributed by atoms with E-state index in [0.717, 1.165) is 10.5 Å². The summed E-state index contributed by atoms with van der Waals surface area (Å²) < 4.78 is 10.8. The number of ether oxygens (including phenoxy) is 1. The van der Waals surface area contributed by atoms with Crippen LogP contribution in [0.5, 0.6) is 5.75 Å². The first-order valence-corrected chi connectivity index (χ1v) is 9.09. The smallest absolute Gasteiger partial charge is 0.325 e. The van der Waals surface area contributed by atoms with Crippen molar-refractivity contribution in [3.05, 3.63) is 65.5 Å². The first kappa shape index (κ1) is 18.7. The molecule has 0 saturated carbocycles. The third kappa shape index (κ3) is 3.33. The fourth-order valence-corrected chi connectivity index (χ4v) is 3.23. The van der Waals surface area contributed by atoms with Crippen molar-refractivity contribution in [1.82, 2.24) is 20.4 Å². The summed E-state index contributed by atoms with van der Waals surface area (Å²) in [6.07, 6.45) is 0. The number of hydrogen-bond donors (Lipinski definition) is 1. The van der Waals surface area contributed by atoms with Crippen molar-refractivity contribution in [2.24, 2.45) is 0 Å². The van der Waals surface area contributed by atoms with Crippen LogP contribution < -0.4 is 10.1 Å². The number of urea groups is 1. The Bertz CT molecular complexity index is 1060. The number of hydrogen-bond acceptors (Lipinski definition) is 6. The van der Waals surface area contributed by atoms with Gasteiger partial charge in [-0.1, -0.05) is 29.8 Å². The van der Waals surface area contributed by atoms with Crippen molar-refractivity contribution < 1.29 is 18.7 Å². The van der Waals surface area contributed by atoms with Gasteiger partial charge in [0.1, 0.15) is 17.8 Å². The molecule has 29 heavy (non-hydrogen) atoms. The number of aromatic nitrogens is 2. The first-order valence-electron chi connectivity index (χ1n) is 9.09. The third-order valence-corrected chi connectivity index (χ3v) is 5.00. The monoisotopic (exact) mass is 392 g/mol. The molecule has 148 valence electrons. The Balaban J connectivity index is 1.54. The van der Waals surface area contributed by atoms with Gasteiger partial charge in [0, 0.05) is 5.56 Å². The van der Waals surface area contributed by atoms with Crippen molar-refractivity contribution in [3.63, 3.8) is 0 Å². The molecule has 1 aliphatic rings. The third-order valence-electron chi connectivity index (χ3n) is 5.00. The number of benzene rings is 2. The molecule has 1 fully saturated rings. The van der Waals surface area contributed by atoms with Crippen molar-refractivity contribution >= 4 is 11.9 Å². The molecule has 3 aromatic rings. The van der Waals surface area contributed by atoms with Crippen LogP contribution in [0.15, 0.2) is 52.9 Å².